The molecule has 108 valence electrons. The average Bonchev–Trinajstić information content (AvgIpc) is 2.81. The van der Waals surface area contributed by atoms with Crippen LogP contribution in [-0.4, -0.2) is 32.7 Å². The van der Waals surface area contributed by atoms with Gasteiger partial charge in [-0.1, -0.05) is 0 Å². The van der Waals surface area contributed by atoms with Crippen LogP contribution in [-0.2, 0) is 4.79 Å². The highest BCUT2D eigenvalue weighted by molar-refractivity contribution is 5.79. The Labute approximate surface area is 119 Å². The van der Waals surface area contributed by atoms with E-state index in [9.17, 15) is 4.79 Å². The number of nitrogen functional groups attached to an aromatic ring is 1. The summed E-state index contributed by atoms with van der Waals surface area (Å²) >= 11 is 0. The maximum absolute atomic E-state index is 11.4. The monoisotopic (exact) mass is 275 g/mol. The molecule has 3 N–H and O–H groups in total. The van der Waals surface area contributed by atoms with Crippen LogP contribution in [0.2, 0.25) is 0 Å². The minimum atomic E-state index is 0.186. The molecule has 2 heterocycles. The summed E-state index contributed by atoms with van der Waals surface area (Å²) in [4.78, 5) is 13.8. The molecule has 1 spiro atoms. The van der Waals surface area contributed by atoms with Gasteiger partial charge in [-0.15, -0.1) is 0 Å². The van der Waals surface area contributed by atoms with Crippen molar-refractivity contribution >= 4 is 17.3 Å². The van der Waals surface area contributed by atoms with Crippen molar-refractivity contribution in [1.29, 1.82) is 0 Å². The Morgan fingerprint density at radius 2 is 2.10 bits per heavy atom. The van der Waals surface area contributed by atoms with Crippen LogP contribution in [0.25, 0.3) is 0 Å². The summed E-state index contributed by atoms with van der Waals surface area (Å²) in [6.07, 6.45) is 2.79. The number of hydrogen-bond acceptors (Lipinski definition) is 4. The Kier molecular flexibility index (Phi) is 3.20. The predicted molar refractivity (Wildman–Crippen MR) is 78.9 cm³/mol. The maximum atomic E-state index is 11.4. The molecule has 0 aromatic heterocycles. The van der Waals surface area contributed by atoms with Gasteiger partial charge in [-0.3, -0.25) is 4.79 Å². The summed E-state index contributed by atoms with van der Waals surface area (Å²) in [5.41, 5.74) is 7.84. The van der Waals surface area contributed by atoms with Crippen molar-refractivity contribution in [3.63, 3.8) is 0 Å². The van der Waals surface area contributed by atoms with E-state index >= 15 is 0 Å². The van der Waals surface area contributed by atoms with Crippen molar-refractivity contribution < 1.29 is 9.53 Å². The number of nitrogens with two attached hydrogens (primary N) is 1. The average molecular weight is 275 g/mol. The smallest absolute Gasteiger partial charge is 0.220 e. The van der Waals surface area contributed by atoms with Gasteiger partial charge in [0.1, 0.15) is 5.75 Å². The van der Waals surface area contributed by atoms with Gasteiger partial charge in [-0.2, -0.15) is 0 Å². The van der Waals surface area contributed by atoms with Crippen LogP contribution in [0, 0.1) is 5.41 Å². The molecule has 5 nitrogen and oxygen atoms in total. The number of nitrogens with zero attached hydrogens (tertiary/aromatic N) is 1. The van der Waals surface area contributed by atoms with Gasteiger partial charge in [0.05, 0.1) is 12.8 Å². The molecule has 0 saturated carbocycles. The van der Waals surface area contributed by atoms with Crippen LogP contribution in [0.5, 0.6) is 5.75 Å². The Morgan fingerprint density at radius 3 is 2.70 bits per heavy atom. The molecule has 0 bridgehead atoms. The summed E-state index contributed by atoms with van der Waals surface area (Å²) in [7, 11) is 1.64. The highest BCUT2D eigenvalue weighted by Crippen LogP contribution is 2.39. The van der Waals surface area contributed by atoms with E-state index in [0.717, 1.165) is 43.9 Å². The number of amides is 1. The number of anilines is 2. The third-order valence-electron chi connectivity index (χ3n) is 4.60. The van der Waals surface area contributed by atoms with Gasteiger partial charge in [-0.25, -0.2) is 0 Å². The molecule has 0 unspecified atom stereocenters. The molecule has 5 heteroatoms. The van der Waals surface area contributed by atoms with Gasteiger partial charge in [0.2, 0.25) is 5.91 Å². The number of hydrogen-bond donors (Lipinski definition) is 2. The van der Waals surface area contributed by atoms with E-state index in [1.165, 1.54) is 0 Å². The molecule has 2 saturated heterocycles. The standard InChI is InChI=1S/C15H21N3O2/c1-20-13-8-11(2-3-12(13)16)18-6-4-15(5-7-18)9-14(19)17-10-15/h2-3,8H,4-7,9-10,16H2,1H3,(H,17,19). The van der Waals surface area contributed by atoms with Crippen LogP contribution < -0.4 is 20.7 Å². The second-order valence-corrected chi connectivity index (χ2v) is 5.87. The number of nitrogens with one attached hydrogen (secondary N) is 1. The van der Waals surface area contributed by atoms with Crippen molar-refractivity contribution in [3.8, 4) is 5.75 Å². The lowest BCUT2D eigenvalue weighted by Crippen LogP contribution is -2.41. The summed E-state index contributed by atoms with van der Waals surface area (Å²) < 4.78 is 5.28. The summed E-state index contributed by atoms with van der Waals surface area (Å²) in [5.74, 6) is 0.924. The quantitative estimate of drug-likeness (QED) is 0.800. The number of methoxy groups -OCH3 is 1. The largest absolute Gasteiger partial charge is 0.495 e. The van der Waals surface area contributed by atoms with Crippen molar-refractivity contribution in [1.82, 2.24) is 5.32 Å². The van der Waals surface area contributed by atoms with Crippen LogP contribution in [0.4, 0.5) is 11.4 Å². The van der Waals surface area contributed by atoms with Gasteiger partial charge in [-0.05, 0) is 30.4 Å². The summed E-state index contributed by atoms with van der Waals surface area (Å²) in [5, 5.41) is 2.97. The lowest BCUT2D eigenvalue weighted by Gasteiger charge is -2.39. The molecule has 1 amide bonds. The number of benzene rings is 1. The molecule has 2 fully saturated rings. The SMILES string of the molecule is COc1cc(N2CCC3(CC2)CNC(=O)C3)ccc1N. The van der Waals surface area contributed by atoms with E-state index in [1.54, 1.807) is 7.11 Å². The zero-order valence-corrected chi connectivity index (χ0v) is 11.8. The van der Waals surface area contributed by atoms with E-state index in [-0.39, 0.29) is 11.3 Å². The highest BCUT2D eigenvalue weighted by atomic mass is 16.5. The Balaban J connectivity index is 1.70. The van der Waals surface area contributed by atoms with Crippen LogP contribution in [0.3, 0.4) is 0 Å². The minimum absolute atomic E-state index is 0.186. The fraction of sp³-hybridized carbons (Fsp3) is 0.533. The van der Waals surface area contributed by atoms with E-state index in [4.69, 9.17) is 10.5 Å². The first kappa shape index (κ1) is 13.1. The number of piperidine rings is 1. The number of carbonyl (C=O) groups is 1. The van der Waals surface area contributed by atoms with E-state index in [2.05, 4.69) is 10.2 Å². The molecular weight excluding hydrogens is 254 g/mol. The second-order valence-electron chi connectivity index (χ2n) is 5.87. The van der Waals surface area contributed by atoms with Crippen molar-refractivity contribution in [2.75, 3.05) is 37.4 Å². The third-order valence-corrected chi connectivity index (χ3v) is 4.60. The summed E-state index contributed by atoms with van der Waals surface area (Å²) in [6, 6.07) is 5.92. The summed E-state index contributed by atoms with van der Waals surface area (Å²) in [6.45, 7) is 2.79. The fourth-order valence-corrected chi connectivity index (χ4v) is 3.24. The van der Waals surface area contributed by atoms with Crippen molar-refractivity contribution in [2.24, 2.45) is 5.41 Å². The molecule has 3 rings (SSSR count). The first-order valence-electron chi connectivity index (χ1n) is 7.07. The fourth-order valence-electron chi connectivity index (χ4n) is 3.24. The second kappa shape index (κ2) is 4.89. The topological polar surface area (TPSA) is 67.6 Å². The molecule has 0 radical (unpaired) electrons. The Morgan fingerprint density at radius 1 is 1.35 bits per heavy atom. The third kappa shape index (κ3) is 2.28. The first-order valence-corrected chi connectivity index (χ1v) is 7.07. The lowest BCUT2D eigenvalue weighted by atomic mass is 9.77. The van der Waals surface area contributed by atoms with Gasteiger partial charge < -0.3 is 20.7 Å². The zero-order chi connectivity index (χ0) is 14.2. The first-order chi connectivity index (χ1) is 9.62. The van der Waals surface area contributed by atoms with E-state index in [0.29, 0.717) is 12.1 Å². The Bertz CT molecular complexity index is 522. The molecule has 0 atom stereocenters. The number of ether oxygens (including phenoxy) is 1. The molecule has 0 aliphatic carbocycles. The minimum Gasteiger partial charge on any atom is -0.495 e. The van der Waals surface area contributed by atoms with Crippen LogP contribution in [0.1, 0.15) is 19.3 Å². The molecule has 2 aliphatic rings. The highest BCUT2D eigenvalue weighted by Gasteiger charge is 2.40. The van der Waals surface area contributed by atoms with Gasteiger partial charge >= 0.3 is 0 Å². The van der Waals surface area contributed by atoms with Crippen LogP contribution >= 0.6 is 0 Å². The molecule has 20 heavy (non-hydrogen) atoms. The van der Waals surface area contributed by atoms with Gasteiger partial charge in [0.15, 0.2) is 0 Å². The lowest BCUT2D eigenvalue weighted by molar-refractivity contribution is -0.119. The zero-order valence-electron chi connectivity index (χ0n) is 11.8. The number of rotatable bonds is 2. The molecule has 1 aromatic carbocycles. The molecule has 1 aromatic rings. The van der Waals surface area contributed by atoms with E-state index < -0.39 is 0 Å². The van der Waals surface area contributed by atoms with Crippen molar-refractivity contribution in [3.05, 3.63) is 18.2 Å². The predicted octanol–water partition coefficient (Wildman–Crippen LogP) is 1.38. The molecule has 2 aliphatic heterocycles. The van der Waals surface area contributed by atoms with Gasteiger partial charge in [0, 0.05) is 37.8 Å². The van der Waals surface area contributed by atoms with Crippen molar-refractivity contribution in [2.45, 2.75) is 19.3 Å². The van der Waals surface area contributed by atoms with Crippen LogP contribution in [0.15, 0.2) is 18.2 Å². The normalized spacial score (nSPS) is 21.1. The molecular formula is C15H21N3O2. The Hall–Kier alpha value is -1.91. The number of carbonyl (C=O) groups excluding carboxylic acids is 1. The van der Waals surface area contributed by atoms with E-state index in [1.807, 2.05) is 18.2 Å². The maximum Gasteiger partial charge on any atom is 0.220 e. The van der Waals surface area contributed by atoms with Gasteiger partial charge in [0.25, 0.3) is 0 Å².